The maximum absolute atomic E-state index is 12.1. The van der Waals surface area contributed by atoms with E-state index in [4.69, 9.17) is 27.1 Å². The van der Waals surface area contributed by atoms with Gasteiger partial charge in [0, 0.05) is 19.3 Å². The molecule has 0 aliphatic rings. The van der Waals surface area contributed by atoms with Crippen LogP contribution in [0.2, 0.25) is 5.02 Å². The topological polar surface area (TPSA) is 96.6 Å². The standard InChI is InChI=1S/C14H16ClN3O3/c15-12-3-1-2-4-13(12)17-10-11(9-16)14(21)18(5-7-19)6-8-20/h1-4,10,17,19-20H,5-8H2/b11-10-. The summed E-state index contributed by atoms with van der Waals surface area (Å²) in [4.78, 5) is 13.3. The van der Waals surface area contributed by atoms with Crippen LogP contribution in [0.15, 0.2) is 36.0 Å². The number of nitrogens with one attached hydrogen (secondary N) is 1. The molecule has 0 aliphatic carbocycles. The van der Waals surface area contributed by atoms with E-state index in [1.165, 1.54) is 11.1 Å². The second-order valence-electron chi connectivity index (χ2n) is 4.03. The van der Waals surface area contributed by atoms with E-state index >= 15 is 0 Å². The maximum atomic E-state index is 12.1. The molecule has 0 saturated heterocycles. The molecule has 0 heterocycles. The molecule has 7 heteroatoms. The van der Waals surface area contributed by atoms with Crippen LogP contribution < -0.4 is 5.32 Å². The highest BCUT2D eigenvalue weighted by molar-refractivity contribution is 6.33. The number of amides is 1. The van der Waals surface area contributed by atoms with E-state index in [9.17, 15) is 4.79 Å². The predicted octanol–water partition coefficient (Wildman–Crippen LogP) is 0.973. The van der Waals surface area contributed by atoms with Crippen LogP contribution in [0.5, 0.6) is 0 Å². The third-order valence-corrected chi connectivity index (χ3v) is 2.95. The Bertz CT molecular complexity index is 549. The smallest absolute Gasteiger partial charge is 0.266 e. The first-order valence-electron chi connectivity index (χ1n) is 6.26. The van der Waals surface area contributed by atoms with Gasteiger partial charge in [0.2, 0.25) is 0 Å². The predicted molar refractivity (Wildman–Crippen MR) is 79.5 cm³/mol. The Morgan fingerprint density at radius 2 is 1.95 bits per heavy atom. The summed E-state index contributed by atoms with van der Waals surface area (Å²) in [5.41, 5.74) is 0.424. The first kappa shape index (κ1) is 17.0. The Morgan fingerprint density at radius 1 is 1.33 bits per heavy atom. The monoisotopic (exact) mass is 309 g/mol. The Balaban J connectivity index is 2.86. The Hall–Kier alpha value is -2.07. The van der Waals surface area contributed by atoms with Gasteiger partial charge >= 0.3 is 0 Å². The molecule has 0 saturated carbocycles. The summed E-state index contributed by atoms with van der Waals surface area (Å²) >= 11 is 5.96. The molecule has 1 aromatic carbocycles. The van der Waals surface area contributed by atoms with Crippen molar-refractivity contribution in [1.82, 2.24) is 4.90 Å². The molecule has 0 aromatic heterocycles. The quantitative estimate of drug-likeness (QED) is 0.515. The van der Waals surface area contributed by atoms with Crippen molar-refractivity contribution >= 4 is 23.2 Å². The molecule has 1 aromatic rings. The van der Waals surface area contributed by atoms with E-state index in [2.05, 4.69) is 5.32 Å². The molecule has 0 aliphatic heterocycles. The number of anilines is 1. The van der Waals surface area contributed by atoms with Crippen molar-refractivity contribution in [3.05, 3.63) is 41.1 Å². The number of rotatable bonds is 7. The highest BCUT2D eigenvalue weighted by atomic mass is 35.5. The van der Waals surface area contributed by atoms with Crippen LogP contribution in [0, 0.1) is 11.3 Å². The van der Waals surface area contributed by atoms with Crippen molar-refractivity contribution in [2.75, 3.05) is 31.6 Å². The zero-order chi connectivity index (χ0) is 15.7. The number of para-hydroxylation sites is 1. The van der Waals surface area contributed by atoms with Gasteiger partial charge in [0.15, 0.2) is 0 Å². The number of benzene rings is 1. The van der Waals surface area contributed by atoms with Gasteiger partial charge < -0.3 is 20.4 Å². The summed E-state index contributed by atoms with van der Waals surface area (Å²) in [7, 11) is 0. The lowest BCUT2D eigenvalue weighted by atomic mass is 10.2. The number of aliphatic hydroxyl groups excluding tert-OH is 2. The third-order valence-electron chi connectivity index (χ3n) is 2.62. The number of halogens is 1. The molecule has 1 rings (SSSR count). The van der Waals surface area contributed by atoms with Gasteiger partial charge in [0.1, 0.15) is 11.6 Å². The highest BCUT2D eigenvalue weighted by Crippen LogP contribution is 2.20. The number of hydrogen-bond acceptors (Lipinski definition) is 5. The third kappa shape index (κ3) is 5.08. The number of aliphatic hydroxyl groups is 2. The molecule has 3 N–H and O–H groups in total. The summed E-state index contributed by atoms with van der Waals surface area (Å²) < 4.78 is 0. The number of nitriles is 1. The van der Waals surface area contributed by atoms with Gasteiger partial charge in [0.05, 0.1) is 23.9 Å². The van der Waals surface area contributed by atoms with E-state index in [0.29, 0.717) is 10.7 Å². The zero-order valence-electron chi connectivity index (χ0n) is 11.3. The Morgan fingerprint density at radius 3 is 2.48 bits per heavy atom. The van der Waals surface area contributed by atoms with Crippen LogP contribution in [0.3, 0.4) is 0 Å². The van der Waals surface area contributed by atoms with Gasteiger partial charge in [-0.1, -0.05) is 23.7 Å². The molecule has 0 radical (unpaired) electrons. The molecule has 6 nitrogen and oxygen atoms in total. The van der Waals surface area contributed by atoms with Crippen molar-refractivity contribution in [2.24, 2.45) is 0 Å². The maximum Gasteiger partial charge on any atom is 0.266 e. The summed E-state index contributed by atoms with van der Waals surface area (Å²) in [6.45, 7) is -0.403. The Kier molecular flexibility index (Phi) is 7.26. The van der Waals surface area contributed by atoms with Gasteiger partial charge in [-0.2, -0.15) is 5.26 Å². The lowest BCUT2D eigenvalue weighted by Gasteiger charge is -2.20. The number of carbonyl (C=O) groups is 1. The van der Waals surface area contributed by atoms with Crippen LogP contribution in [0.25, 0.3) is 0 Å². The molecule has 0 spiro atoms. The molecular formula is C14H16ClN3O3. The molecule has 0 unspecified atom stereocenters. The van der Waals surface area contributed by atoms with Crippen LogP contribution in [0.4, 0.5) is 5.69 Å². The second kappa shape index (κ2) is 8.97. The van der Waals surface area contributed by atoms with E-state index in [-0.39, 0.29) is 31.9 Å². The molecule has 0 atom stereocenters. The SMILES string of the molecule is N#C/C(=C/Nc1ccccc1Cl)C(=O)N(CCO)CCO. The minimum Gasteiger partial charge on any atom is -0.395 e. The fourth-order valence-electron chi connectivity index (χ4n) is 1.60. The largest absolute Gasteiger partial charge is 0.395 e. The lowest BCUT2D eigenvalue weighted by Crippen LogP contribution is -2.36. The van der Waals surface area contributed by atoms with E-state index < -0.39 is 5.91 Å². The van der Waals surface area contributed by atoms with Crippen molar-refractivity contribution in [3.63, 3.8) is 0 Å². The minimum absolute atomic E-state index is 0.0461. The second-order valence-corrected chi connectivity index (χ2v) is 4.44. The molecule has 112 valence electrons. The van der Waals surface area contributed by atoms with Gasteiger partial charge in [-0.15, -0.1) is 0 Å². The van der Waals surface area contributed by atoms with E-state index in [0.717, 1.165) is 0 Å². The van der Waals surface area contributed by atoms with Crippen LogP contribution in [0.1, 0.15) is 0 Å². The lowest BCUT2D eigenvalue weighted by molar-refractivity contribution is -0.127. The van der Waals surface area contributed by atoms with Crippen molar-refractivity contribution in [1.29, 1.82) is 5.26 Å². The number of carbonyl (C=O) groups excluding carboxylic acids is 1. The zero-order valence-corrected chi connectivity index (χ0v) is 12.0. The van der Waals surface area contributed by atoms with E-state index in [1.807, 2.05) is 0 Å². The fourth-order valence-corrected chi connectivity index (χ4v) is 1.79. The minimum atomic E-state index is -0.569. The molecule has 21 heavy (non-hydrogen) atoms. The number of hydrogen-bond donors (Lipinski definition) is 3. The average Bonchev–Trinajstić information content (AvgIpc) is 2.49. The summed E-state index contributed by atoms with van der Waals surface area (Å²) in [6.07, 6.45) is 1.26. The molecule has 0 fully saturated rings. The Labute approximate surface area is 127 Å². The number of nitrogens with zero attached hydrogens (tertiary/aromatic N) is 2. The van der Waals surface area contributed by atoms with Crippen molar-refractivity contribution < 1.29 is 15.0 Å². The van der Waals surface area contributed by atoms with Gasteiger partial charge in [-0.3, -0.25) is 4.79 Å². The molecular weight excluding hydrogens is 294 g/mol. The van der Waals surface area contributed by atoms with Crippen LogP contribution in [-0.2, 0) is 4.79 Å². The van der Waals surface area contributed by atoms with Crippen molar-refractivity contribution in [2.45, 2.75) is 0 Å². The van der Waals surface area contributed by atoms with Crippen LogP contribution in [-0.4, -0.2) is 47.3 Å². The average molecular weight is 310 g/mol. The molecule has 1 amide bonds. The summed E-state index contributed by atoms with van der Waals surface area (Å²) in [6, 6.07) is 8.70. The van der Waals surface area contributed by atoms with Crippen molar-refractivity contribution in [3.8, 4) is 6.07 Å². The van der Waals surface area contributed by atoms with E-state index in [1.54, 1.807) is 30.3 Å². The highest BCUT2D eigenvalue weighted by Gasteiger charge is 2.17. The molecule has 0 bridgehead atoms. The normalized spacial score (nSPS) is 10.9. The first-order chi connectivity index (χ1) is 10.1. The summed E-state index contributed by atoms with van der Waals surface area (Å²) in [5, 5.41) is 30.1. The van der Waals surface area contributed by atoms with Gasteiger partial charge in [0.25, 0.3) is 5.91 Å². The van der Waals surface area contributed by atoms with Gasteiger partial charge in [-0.05, 0) is 12.1 Å². The summed E-state index contributed by atoms with van der Waals surface area (Å²) in [5.74, 6) is -0.569. The van der Waals surface area contributed by atoms with Gasteiger partial charge in [-0.25, -0.2) is 0 Å². The first-order valence-corrected chi connectivity index (χ1v) is 6.64. The van der Waals surface area contributed by atoms with Crippen LogP contribution >= 0.6 is 11.6 Å². The fraction of sp³-hybridized carbons (Fsp3) is 0.286.